The van der Waals surface area contributed by atoms with Crippen LogP contribution in [0.4, 0.5) is 0 Å². The van der Waals surface area contributed by atoms with E-state index in [9.17, 15) is 23.1 Å². The van der Waals surface area contributed by atoms with Crippen molar-refractivity contribution >= 4 is 34.2 Å². The normalized spacial score (nSPS) is 21.2. The first kappa shape index (κ1) is 39.2. The summed E-state index contributed by atoms with van der Waals surface area (Å²) in [7, 11) is -3.64. The van der Waals surface area contributed by atoms with Gasteiger partial charge < -0.3 is 20.1 Å². The van der Waals surface area contributed by atoms with Gasteiger partial charge in [0.25, 0.3) is 0 Å². The van der Waals surface area contributed by atoms with Crippen LogP contribution in [-0.2, 0) is 30.9 Å². The van der Waals surface area contributed by atoms with E-state index in [4.69, 9.17) is 9.84 Å². The van der Waals surface area contributed by atoms with Gasteiger partial charge in [0.1, 0.15) is 11.6 Å². The van der Waals surface area contributed by atoms with E-state index in [1.165, 1.54) is 0 Å². The molecule has 2 atom stereocenters. The summed E-state index contributed by atoms with van der Waals surface area (Å²) in [6.07, 6.45) is 1.79. The Labute approximate surface area is 297 Å². The number of piperidine rings is 1. The molecule has 274 valence electrons. The molecule has 3 aliphatic rings. The Morgan fingerprint density at radius 3 is 2.31 bits per heavy atom. The van der Waals surface area contributed by atoms with Crippen LogP contribution in [0.2, 0.25) is 0 Å². The van der Waals surface area contributed by atoms with Crippen molar-refractivity contribution in [3.8, 4) is 5.69 Å². The molecule has 15 heteroatoms. The van der Waals surface area contributed by atoms with E-state index in [1.54, 1.807) is 29.2 Å². The topological polar surface area (TPSA) is 149 Å². The lowest BCUT2D eigenvalue weighted by molar-refractivity contribution is -0.165. The maximum absolute atomic E-state index is 13.7. The highest BCUT2D eigenvalue weighted by atomic mass is 35.5. The molecule has 0 bridgehead atoms. The van der Waals surface area contributed by atoms with Crippen molar-refractivity contribution in [1.29, 1.82) is 0 Å². The standard InChI is InChI=1S/C34H53N7O6S.ClH/c1-6-7-15-40-32(43)30(31(42)24(2)3)36-33(44)34(40)12-16-39(17-13-34)23-29-25(4)37-41(26(29)5)27-8-10-28(11-9-27)48(45,46)35-14-18-38-19-21-47-22-20-38;/h8-11,24,30-31,35,42H,6-7,12-23H2,1-5H3,(H,36,44);1H/t30-,31-;/m1./s1. The monoisotopic (exact) mass is 723 g/mol. The smallest absolute Gasteiger partial charge is 0.248 e. The zero-order valence-corrected chi connectivity index (χ0v) is 31.1. The van der Waals surface area contributed by atoms with Gasteiger partial charge in [0.2, 0.25) is 21.8 Å². The van der Waals surface area contributed by atoms with Crippen LogP contribution in [-0.4, -0.2) is 127 Å². The van der Waals surface area contributed by atoms with Gasteiger partial charge in [-0.25, -0.2) is 17.8 Å². The number of benzene rings is 1. The fourth-order valence-electron chi connectivity index (χ4n) is 7.07. The van der Waals surface area contributed by atoms with Crippen LogP contribution in [0.15, 0.2) is 29.2 Å². The van der Waals surface area contributed by atoms with Crippen LogP contribution in [0.5, 0.6) is 0 Å². The van der Waals surface area contributed by atoms with E-state index < -0.39 is 27.7 Å². The van der Waals surface area contributed by atoms with Gasteiger partial charge in [-0.3, -0.25) is 19.4 Å². The number of aliphatic hydroxyl groups excluding tert-OH is 1. The van der Waals surface area contributed by atoms with Gasteiger partial charge in [0, 0.05) is 63.6 Å². The Morgan fingerprint density at radius 2 is 1.69 bits per heavy atom. The molecule has 0 radical (unpaired) electrons. The highest BCUT2D eigenvalue weighted by Crippen LogP contribution is 2.35. The minimum absolute atomic E-state index is 0. The number of hydrogen-bond acceptors (Lipinski definition) is 9. The highest BCUT2D eigenvalue weighted by Gasteiger charge is 2.54. The molecular weight excluding hydrogens is 670 g/mol. The van der Waals surface area contributed by atoms with Crippen molar-refractivity contribution in [1.82, 2.24) is 34.5 Å². The first-order chi connectivity index (χ1) is 22.9. The summed E-state index contributed by atoms with van der Waals surface area (Å²) >= 11 is 0. The molecule has 2 amide bonds. The number of aliphatic hydroxyl groups is 1. The second-order valence-electron chi connectivity index (χ2n) is 13.7. The molecule has 3 saturated heterocycles. The number of carbonyl (C=O) groups excluding carboxylic acids is 2. The van der Waals surface area contributed by atoms with Crippen molar-refractivity contribution < 1.29 is 27.9 Å². The molecule has 13 nitrogen and oxygen atoms in total. The molecule has 0 unspecified atom stereocenters. The Balaban J connectivity index is 0.00000541. The molecule has 1 aromatic carbocycles. The number of halogens is 1. The lowest BCUT2D eigenvalue weighted by Crippen LogP contribution is -2.74. The summed E-state index contributed by atoms with van der Waals surface area (Å²) in [5, 5.41) is 18.4. The van der Waals surface area contributed by atoms with Gasteiger partial charge >= 0.3 is 0 Å². The van der Waals surface area contributed by atoms with E-state index in [0.29, 0.717) is 65.3 Å². The van der Waals surface area contributed by atoms with Crippen molar-refractivity contribution in [2.24, 2.45) is 5.92 Å². The number of morpholine rings is 1. The minimum Gasteiger partial charge on any atom is -0.390 e. The lowest BCUT2D eigenvalue weighted by atomic mass is 9.80. The van der Waals surface area contributed by atoms with Gasteiger partial charge in [-0.1, -0.05) is 27.2 Å². The number of aryl methyl sites for hydroxylation is 1. The Morgan fingerprint density at radius 1 is 1.04 bits per heavy atom. The largest absolute Gasteiger partial charge is 0.390 e. The summed E-state index contributed by atoms with van der Waals surface area (Å²) < 4.78 is 35.8. The average molecular weight is 724 g/mol. The number of nitrogens with one attached hydrogen (secondary N) is 2. The van der Waals surface area contributed by atoms with E-state index in [1.807, 2.05) is 32.4 Å². The Hall–Kier alpha value is -2.59. The van der Waals surface area contributed by atoms with E-state index in [-0.39, 0.29) is 35.0 Å². The highest BCUT2D eigenvalue weighted by molar-refractivity contribution is 7.89. The van der Waals surface area contributed by atoms with E-state index in [2.05, 4.69) is 26.8 Å². The van der Waals surface area contributed by atoms with E-state index in [0.717, 1.165) is 48.6 Å². The average Bonchev–Trinajstić information content (AvgIpc) is 3.35. The quantitative estimate of drug-likeness (QED) is 0.282. The number of ether oxygens (including phenoxy) is 1. The zero-order valence-electron chi connectivity index (χ0n) is 29.5. The number of nitrogens with zero attached hydrogens (tertiary/aromatic N) is 5. The molecule has 3 aliphatic heterocycles. The van der Waals surface area contributed by atoms with Gasteiger partial charge in [0.15, 0.2) is 0 Å². The maximum atomic E-state index is 13.7. The van der Waals surface area contributed by atoms with Crippen LogP contribution in [0.1, 0.15) is 63.4 Å². The maximum Gasteiger partial charge on any atom is 0.248 e. The molecule has 3 N–H and O–H groups in total. The van der Waals surface area contributed by atoms with Crippen molar-refractivity contribution in [3.05, 3.63) is 41.2 Å². The second-order valence-corrected chi connectivity index (χ2v) is 15.5. The molecule has 1 aromatic heterocycles. The third-order valence-electron chi connectivity index (χ3n) is 10.2. The summed E-state index contributed by atoms with van der Waals surface area (Å²) in [5.74, 6) is -0.511. The number of hydrogen-bond donors (Lipinski definition) is 3. The summed E-state index contributed by atoms with van der Waals surface area (Å²) in [5.41, 5.74) is 2.79. The van der Waals surface area contributed by atoms with Crippen molar-refractivity contribution in [2.75, 3.05) is 59.0 Å². The number of sulfonamides is 1. The number of carbonyl (C=O) groups is 2. The van der Waals surface area contributed by atoms with Crippen LogP contribution in [0.25, 0.3) is 5.69 Å². The third-order valence-corrected chi connectivity index (χ3v) is 11.7. The lowest BCUT2D eigenvalue weighted by Gasteiger charge is -2.52. The number of piperazine rings is 1. The SMILES string of the molecule is CCCCN1C(=O)[C@@H]([C@H](O)C(C)C)NC(=O)C12CCN(Cc1c(C)nn(-c3ccc(S(=O)(=O)NCCN4CCOCC4)cc3)c1C)CC2.Cl. The first-order valence-electron chi connectivity index (χ1n) is 17.4. The summed E-state index contributed by atoms with van der Waals surface area (Å²) in [4.78, 5) is 33.8. The molecule has 0 saturated carbocycles. The first-order valence-corrected chi connectivity index (χ1v) is 18.8. The van der Waals surface area contributed by atoms with Gasteiger partial charge in [0.05, 0.1) is 35.6 Å². The molecule has 2 aromatic rings. The number of amides is 2. The fraction of sp³-hybridized carbons (Fsp3) is 0.676. The number of likely N-dealkylation sites (tertiary alicyclic amines) is 1. The molecule has 5 rings (SSSR count). The fourth-order valence-corrected chi connectivity index (χ4v) is 8.09. The number of rotatable bonds is 13. The number of unbranched alkanes of at least 4 members (excludes halogenated alkanes) is 1. The molecule has 0 aliphatic carbocycles. The molecule has 4 heterocycles. The third kappa shape index (κ3) is 8.49. The summed E-state index contributed by atoms with van der Waals surface area (Å²) in [6, 6.07) is 5.85. The Bertz CT molecular complexity index is 1540. The summed E-state index contributed by atoms with van der Waals surface area (Å²) in [6.45, 7) is 16.1. The minimum atomic E-state index is -3.64. The predicted octanol–water partition coefficient (Wildman–Crippen LogP) is 2.00. The van der Waals surface area contributed by atoms with Crippen LogP contribution < -0.4 is 10.0 Å². The van der Waals surface area contributed by atoms with Crippen LogP contribution in [0, 0.1) is 19.8 Å². The molecule has 3 fully saturated rings. The predicted molar refractivity (Wildman–Crippen MR) is 189 cm³/mol. The molecule has 1 spiro atoms. The zero-order chi connectivity index (χ0) is 34.6. The van der Waals surface area contributed by atoms with Gasteiger partial charge in [-0.15, -0.1) is 12.4 Å². The second kappa shape index (κ2) is 16.6. The van der Waals surface area contributed by atoms with E-state index >= 15 is 0 Å². The van der Waals surface area contributed by atoms with Crippen molar-refractivity contribution in [2.45, 2.75) is 89.4 Å². The van der Waals surface area contributed by atoms with Gasteiger partial charge in [-0.05, 0) is 63.3 Å². The van der Waals surface area contributed by atoms with Crippen molar-refractivity contribution in [3.63, 3.8) is 0 Å². The van der Waals surface area contributed by atoms with Gasteiger partial charge in [-0.2, -0.15) is 5.10 Å². The molecular formula is C34H54ClN7O6S. The number of aromatic nitrogens is 2. The van der Waals surface area contributed by atoms with Crippen LogP contribution >= 0.6 is 12.4 Å². The Kier molecular flexibility index (Phi) is 13.3. The molecule has 49 heavy (non-hydrogen) atoms. The van der Waals surface area contributed by atoms with Crippen LogP contribution in [0.3, 0.4) is 0 Å².